The van der Waals surface area contributed by atoms with E-state index in [1.165, 1.54) is 6.39 Å². The Kier molecular flexibility index (Phi) is 4.28. The molecule has 0 radical (unpaired) electrons. The molecule has 1 N–H and O–H groups in total. The second-order valence-electron chi connectivity index (χ2n) is 5.09. The molecule has 0 spiro atoms. The summed E-state index contributed by atoms with van der Waals surface area (Å²) >= 11 is 0. The molecule has 0 bridgehead atoms. The van der Waals surface area contributed by atoms with Gasteiger partial charge in [-0.3, -0.25) is 9.69 Å². The maximum Gasteiger partial charge on any atom is 0.304 e. The van der Waals surface area contributed by atoms with Gasteiger partial charge in [0.1, 0.15) is 5.76 Å². The highest BCUT2D eigenvalue weighted by Crippen LogP contribution is 2.18. The highest BCUT2D eigenvalue weighted by atomic mass is 16.4. The predicted octanol–water partition coefficient (Wildman–Crippen LogP) is 2.06. The Bertz CT molecular complexity index is 379. The average molecular weight is 240 g/mol. The summed E-state index contributed by atoms with van der Waals surface area (Å²) < 4.78 is 5.15. The first-order valence-corrected chi connectivity index (χ1v) is 5.66. The number of nitrogens with zero attached hydrogens (tertiary/aromatic N) is 2. The maximum atomic E-state index is 10.6. The molecule has 96 valence electrons. The molecular weight excluding hydrogens is 220 g/mol. The van der Waals surface area contributed by atoms with Crippen LogP contribution >= 0.6 is 0 Å². The summed E-state index contributed by atoms with van der Waals surface area (Å²) in [5.41, 5.74) is 0.770. The van der Waals surface area contributed by atoms with Gasteiger partial charge in [-0.1, -0.05) is 0 Å². The van der Waals surface area contributed by atoms with Crippen LogP contribution in [0.5, 0.6) is 0 Å². The number of hydrogen-bond donors (Lipinski definition) is 1. The Morgan fingerprint density at radius 3 is 2.59 bits per heavy atom. The van der Waals surface area contributed by atoms with Gasteiger partial charge in [0.15, 0.2) is 6.39 Å². The Labute approximate surface area is 101 Å². The van der Waals surface area contributed by atoms with Crippen LogP contribution in [0, 0.1) is 6.92 Å². The standard InChI is InChI=1S/C12H20N2O3/c1-9-10(13-8-17-9)7-14(12(2,3)4)6-5-11(15)16/h8H,5-7H2,1-4H3,(H,15,16). The van der Waals surface area contributed by atoms with E-state index in [1.807, 2.05) is 6.92 Å². The van der Waals surface area contributed by atoms with Crippen molar-refractivity contribution in [1.29, 1.82) is 0 Å². The molecule has 1 rings (SSSR count). The largest absolute Gasteiger partial charge is 0.481 e. The Morgan fingerprint density at radius 2 is 2.18 bits per heavy atom. The fourth-order valence-electron chi connectivity index (χ4n) is 1.54. The molecule has 0 saturated heterocycles. The van der Waals surface area contributed by atoms with E-state index in [9.17, 15) is 4.79 Å². The van der Waals surface area contributed by atoms with Crippen molar-refractivity contribution >= 4 is 5.97 Å². The van der Waals surface area contributed by atoms with Crippen molar-refractivity contribution < 1.29 is 14.3 Å². The second kappa shape index (κ2) is 5.31. The summed E-state index contributed by atoms with van der Waals surface area (Å²) in [6, 6.07) is 0. The van der Waals surface area contributed by atoms with Gasteiger partial charge in [-0.05, 0) is 27.7 Å². The van der Waals surface area contributed by atoms with Crippen LogP contribution in [-0.4, -0.2) is 33.0 Å². The van der Waals surface area contributed by atoms with Gasteiger partial charge in [0.2, 0.25) is 0 Å². The summed E-state index contributed by atoms with van der Waals surface area (Å²) in [7, 11) is 0. The van der Waals surface area contributed by atoms with Gasteiger partial charge in [0.25, 0.3) is 0 Å². The minimum Gasteiger partial charge on any atom is -0.481 e. The molecule has 17 heavy (non-hydrogen) atoms. The van der Waals surface area contributed by atoms with Crippen molar-refractivity contribution in [3.63, 3.8) is 0 Å². The lowest BCUT2D eigenvalue weighted by Crippen LogP contribution is -2.42. The topological polar surface area (TPSA) is 66.6 Å². The number of aliphatic carboxylic acids is 1. The van der Waals surface area contributed by atoms with Crippen molar-refractivity contribution in [2.24, 2.45) is 0 Å². The molecule has 1 aromatic heterocycles. The van der Waals surface area contributed by atoms with Gasteiger partial charge >= 0.3 is 5.97 Å². The van der Waals surface area contributed by atoms with Crippen molar-refractivity contribution in [3.05, 3.63) is 17.8 Å². The van der Waals surface area contributed by atoms with Gasteiger partial charge in [-0.25, -0.2) is 4.98 Å². The number of carbonyl (C=O) groups is 1. The van der Waals surface area contributed by atoms with E-state index in [4.69, 9.17) is 9.52 Å². The lowest BCUT2D eigenvalue weighted by molar-refractivity contribution is -0.137. The van der Waals surface area contributed by atoms with Crippen LogP contribution in [0.25, 0.3) is 0 Å². The normalized spacial score (nSPS) is 12.1. The quantitative estimate of drug-likeness (QED) is 0.853. The zero-order chi connectivity index (χ0) is 13.1. The van der Waals surface area contributed by atoms with Gasteiger partial charge in [-0.2, -0.15) is 0 Å². The van der Waals surface area contributed by atoms with Crippen LogP contribution in [0.1, 0.15) is 38.6 Å². The first-order valence-electron chi connectivity index (χ1n) is 5.66. The van der Waals surface area contributed by atoms with E-state index < -0.39 is 5.97 Å². The van der Waals surface area contributed by atoms with Crippen LogP contribution in [0.3, 0.4) is 0 Å². The van der Waals surface area contributed by atoms with E-state index >= 15 is 0 Å². The van der Waals surface area contributed by atoms with Crippen LogP contribution in [0.4, 0.5) is 0 Å². The van der Waals surface area contributed by atoms with Crippen molar-refractivity contribution in [2.45, 2.75) is 46.2 Å². The molecule has 5 nitrogen and oxygen atoms in total. The minimum absolute atomic E-state index is 0.0964. The van der Waals surface area contributed by atoms with Crippen LogP contribution < -0.4 is 0 Å². The summed E-state index contributed by atoms with van der Waals surface area (Å²) in [4.78, 5) is 16.9. The number of oxazole rings is 1. The highest BCUT2D eigenvalue weighted by molar-refractivity contribution is 5.66. The summed E-state index contributed by atoms with van der Waals surface area (Å²) in [5.74, 6) is 0.00528. The molecule has 0 amide bonds. The monoisotopic (exact) mass is 240 g/mol. The second-order valence-corrected chi connectivity index (χ2v) is 5.09. The Hall–Kier alpha value is -1.36. The van der Waals surface area contributed by atoms with Crippen molar-refractivity contribution in [1.82, 2.24) is 9.88 Å². The number of carboxylic acids is 1. The van der Waals surface area contributed by atoms with E-state index in [-0.39, 0.29) is 12.0 Å². The zero-order valence-electron chi connectivity index (χ0n) is 10.9. The average Bonchev–Trinajstić information content (AvgIpc) is 2.56. The third-order valence-corrected chi connectivity index (χ3v) is 2.73. The highest BCUT2D eigenvalue weighted by Gasteiger charge is 2.23. The lowest BCUT2D eigenvalue weighted by Gasteiger charge is -2.34. The Balaban J connectivity index is 2.71. The van der Waals surface area contributed by atoms with E-state index in [0.717, 1.165) is 11.5 Å². The minimum atomic E-state index is -0.781. The fourth-order valence-corrected chi connectivity index (χ4v) is 1.54. The molecule has 5 heteroatoms. The SMILES string of the molecule is Cc1ocnc1CN(CCC(=O)O)C(C)(C)C. The van der Waals surface area contributed by atoms with Gasteiger partial charge < -0.3 is 9.52 Å². The molecule has 0 unspecified atom stereocenters. The van der Waals surface area contributed by atoms with Crippen LogP contribution in [0.15, 0.2) is 10.8 Å². The molecular formula is C12H20N2O3. The molecule has 1 heterocycles. The van der Waals surface area contributed by atoms with E-state index in [1.54, 1.807) is 0 Å². The van der Waals surface area contributed by atoms with E-state index in [0.29, 0.717) is 13.1 Å². The number of aryl methyl sites for hydroxylation is 1. The molecule has 0 atom stereocenters. The molecule has 1 aromatic rings. The molecule has 0 aliphatic rings. The molecule has 0 aliphatic carbocycles. The smallest absolute Gasteiger partial charge is 0.304 e. The number of hydrogen-bond acceptors (Lipinski definition) is 4. The summed E-state index contributed by atoms with van der Waals surface area (Å²) in [6.07, 6.45) is 1.55. The Morgan fingerprint density at radius 1 is 1.53 bits per heavy atom. The fraction of sp³-hybridized carbons (Fsp3) is 0.667. The third kappa shape index (κ3) is 4.19. The summed E-state index contributed by atoms with van der Waals surface area (Å²) in [5, 5.41) is 8.75. The molecule has 0 saturated carbocycles. The molecule has 0 fully saturated rings. The zero-order valence-corrected chi connectivity index (χ0v) is 10.9. The lowest BCUT2D eigenvalue weighted by atomic mass is 10.1. The number of aromatic nitrogens is 1. The predicted molar refractivity (Wildman–Crippen MR) is 63.7 cm³/mol. The van der Waals surface area contributed by atoms with Gasteiger partial charge in [-0.15, -0.1) is 0 Å². The van der Waals surface area contributed by atoms with E-state index in [2.05, 4.69) is 30.7 Å². The first-order chi connectivity index (χ1) is 7.80. The number of carboxylic acid groups (broad SMARTS) is 1. The maximum absolute atomic E-state index is 10.6. The molecule has 0 aromatic carbocycles. The van der Waals surface area contributed by atoms with Crippen molar-refractivity contribution in [2.75, 3.05) is 6.54 Å². The number of rotatable bonds is 5. The van der Waals surface area contributed by atoms with Crippen LogP contribution in [0.2, 0.25) is 0 Å². The summed E-state index contributed by atoms with van der Waals surface area (Å²) in [6.45, 7) is 9.16. The first kappa shape index (κ1) is 13.7. The van der Waals surface area contributed by atoms with Gasteiger partial charge in [0, 0.05) is 18.6 Å². The van der Waals surface area contributed by atoms with Gasteiger partial charge in [0.05, 0.1) is 12.1 Å². The van der Waals surface area contributed by atoms with Crippen LogP contribution in [-0.2, 0) is 11.3 Å². The third-order valence-electron chi connectivity index (χ3n) is 2.73. The van der Waals surface area contributed by atoms with Crippen molar-refractivity contribution in [3.8, 4) is 0 Å². The molecule has 0 aliphatic heterocycles.